The fourth-order valence-corrected chi connectivity index (χ4v) is 1.60. The molecule has 0 aliphatic carbocycles. The summed E-state index contributed by atoms with van der Waals surface area (Å²) in [6.45, 7) is 8.54. The normalized spacial score (nSPS) is 18.2. The van der Waals surface area contributed by atoms with Crippen LogP contribution in [0.5, 0.6) is 0 Å². The molecule has 2 unspecified atom stereocenters. The topological polar surface area (TPSA) is 20.2 Å². The summed E-state index contributed by atoms with van der Waals surface area (Å²) in [5, 5.41) is 10.1. The van der Waals surface area contributed by atoms with E-state index in [1.54, 1.807) is 0 Å². The lowest BCUT2D eigenvalue weighted by Crippen LogP contribution is -2.32. The van der Waals surface area contributed by atoms with Crippen molar-refractivity contribution >= 4 is 0 Å². The highest BCUT2D eigenvalue weighted by Crippen LogP contribution is 2.27. The van der Waals surface area contributed by atoms with Crippen LogP contribution in [0.15, 0.2) is 0 Å². The maximum Gasteiger partial charge on any atom is 0.0645 e. The molecule has 0 aromatic carbocycles. The highest BCUT2D eigenvalue weighted by atomic mass is 16.3. The Kier molecular flexibility index (Phi) is 6.40. The van der Waals surface area contributed by atoms with Crippen molar-refractivity contribution in [2.45, 2.75) is 71.8 Å². The number of unbranched alkanes of at least 4 members (excludes halogenated alkanes) is 2. The third-order valence-corrected chi connectivity index (χ3v) is 3.09. The molecule has 0 fully saturated rings. The summed E-state index contributed by atoms with van der Waals surface area (Å²) in [6, 6.07) is 0. The summed E-state index contributed by atoms with van der Waals surface area (Å²) in [5.41, 5.74) is -0.439. The third-order valence-electron chi connectivity index (χ3n) is 3.09. The van der Waals surface area contributed by atoms with E-state index >= 15 is 0 Å². The molecular weight excluding hydrogens is 160 g/mol. The molecular formula is C12H26O. The number of aliphatic hydroxyl groups is 1. The molecule has 0 bridgehead atoms. The van der Waals surface area contributed by atoms with Gasteiger partial charge in [0.2, 0.25) is 0 Å². The van der Waals surface area contributed by atoms with Crippen LogP contribution in [0.4, 0.5) is 0 Å². The Labute approximate surface area is 83.5 Å². The van der Waals surface area contributed by atoms with E-state index in [4.69, 9.17) is 0 Å². The van der Waals surface area contributed by atoms with E-state index in [9.17, 15) is 5.11 Å². The van der Waals surface area contributed by atoms with Crippen molar-refractivity contribution in [1.29, 1.82) is 0 Å². The summed E-state index contributed by atoms with van der Waals surface area (Å²) in [6.07, 6.45) is 6.90. The molecule has 0 spiro atoms. The van der Waals surface area contributed by atoms with Crippen LogP contribution in [0.25, 0.3) is 0 Å². The van der Waals surface area contributed by atoms with Crippen molar-refractivity contribution in [1.82, 2.24) is 0 Å². The minimum atomic E-state index is -0.439. The second kappa shape index (κ2) is 6.42. The van der Waals surface area contributed by atoms with Crippen molar-refractivity contribution in [3.05, 3.63) is 0 Å². The van der Waals surface area contributed by atoms with Gasteiger partial charge in [-0.2, -0.15) is 0 Å². The van der Waals surface area contributed by atoms with Gasteiger partial charge in [0.15, 0.2) is 0 Å². The molecule has 80 valence electrons. The molecule has 0 saturated carbocycles. The molecule has 0 aromatic rings. The monoisotopic (exact) mass is 186 g/mol. The minimum absolute atomic E-state index is 0.439. The zero-order chi connectivity index (χ0) is 10.3. The average Bonchev–Trinajstić information content (AvgIpc) is 2.10. The molecule has 2 atom stereocenters. The molecule has 0 aliphatic rings. The Hall–Kier alpha value is -0.0400. The zero-order valence-electron chi connectivity index (χ0n) is 9.77. The van der Waals surface area contributed by atoms with E-state index in [-0.39, 0.29) is 0 Å². The van der Waals surface area contributed by atoms with Gasteiger partial charge in [0, 0.05) is 0 Å². The van der Waals surface area contributed by atoms with Gasteiger partial charge in [-0.05, 0) is 25.7 Å². The van der Waals surface area contributed by atoms with Gasteiger partial charge in [-0.15, -0.1) is 0 Å². The Morgan fingerprint density at radius 3 is 2.15 bits per heavy atom. The van der Waals surface area contributed by atoms with Gasteiger partial charge in [-0.3, -0.25) is 0 Å². The first-order chi connectivity index (χ1) is 6.04. The maximum atomic E-state index is 10.1. The van der Waals surface area contributed by atoms with E-state index in [0.717, 1.165) is 19.3 Å². The van der Waals surface area contributed by atoms with Crippen molar-refractivity contribution in [3.63, 3.8) is 0 Å². The van der Waals surface area contributed by atoms with E-state index in [1.165, 1.54) is 19.3 Å². The molecule has 1 nitrogen and oxygen atoms in total. The van der Waals surface area contributed by atoms with Crippen LogP contribution in [0, 0.1) is 5.92 Å². The molecule has 0 amide bonds. The lowest BCUT2D eigenvalue weighted by molar-refractivity contribution is -0.00749. The predicted molar refractivity (Wildman–Crippen MR) is 58.8 cm³/mol. The average molecular weight is 186 g/mol. The minimum Gasteiger partial charge on any atom is -0.390 e. The first-order valence-electron chi connectivity index (χ1n) is 5.77. The Morgan fingerprint density at radius 1 is 1.15 bits per heavy atom. The molecule has 1 heteroatoms. The van der Waals surface area contributed by atoms with Crippen molar-refractivity contribution in [3.8, 4) is 0 Å². The quantitative estimate of drug-likeness (QED) is 0.642. The van der Waals surface area contributed by atoms with E-state index < -0.39 is 5.60 Å². The number of hydrogen-bond acceptors (Lipinski definition) is 1. The summed E-state index contributed by atoms with van der Waals surface area (Å²) in [4.78, 5) is 0. The smallest absolute Gasteiger partial charge is 0.0645 e. The Bertz CT molecular complexity index is 118. The molecule has 0 saturated heterocycles. The number of rotatable bonds is 7. The van der Waals surface area contributed by atoms with E-state index in [1.807, 2.05) is 6.92 Å². The largest absolute Gasteiger partial charge is 0.390 e. The van der Waals surface area contributed by atoms with Gasteiger partial charge < -0.3 is 5.11 Å². The van der Waals surface area contributed by atoms with Crippen LogP contribution in [-0.2, 0) is 0 Å². The van der Waals surface area contributed by atoms with Crippen molar-refractivity contribution in [2.75, 3.05) is 0 Å². The zero-order valence-corrected chi connectivity index (χ0v) is 9.77. The molecule has 1 N–H and O–H groups in total. The summed E-state index contributed by atoms with van der Waals surface area (Å²) >= 11 is 0. The molecule has 13 heavy (non-hydrogen) atoms. The summed E-state index contributed by atoms with van der Waals surface area (Å²) in [7, 11) is 0. The van der Waals surface area contributed by atoms with E-state index in [0.29, 0.717) is 5.92 Å². The predicted octanol–water partition coefficient (Wildman–Crippen LogP) is 3.75. The first kappa shape index (κ1) is 13.0. The van der Waals surface area contributed by atoms with Gasteiger partial charge in [-0.25, -0.2) is 0 Å². The highest BCUT2D eigenvalue weighted by Gasteiger charge is 2.26. The Balaban J connectivity index is 3.80. The first-order valence-corrected chi connectivity index (χ1v) is 5.77. The SMILES string of the molecule is CCCCC(C)C(C)(O)CCCC. The second-order valence-corrected chi connectivity index (χ2v) is 4.50. The summed E-state index contributed by atoms with van der Waals surface area (Å²) in [5.74, 6) is 0.444. The van der Waals surface area contributed by atoms with Gasteiger partial charge in [0.05, 0.1) is 5.60 Å². The second-order valence-electron chi connectivity index (χ2n) is 4.50. The highest BCUT2D eigenvalue weighted by molar-refractivity contribution is 4.78. The van der Waals surface area contributed by atoms with Crippen LogP contribution >= 0.6 is 0 Å². The van der Waals surface area contributed by atoms with Crippen molar-refractivity contribution < 1.29 is 5.11 Å². The standard InChI is InChI=1S/C12H26O/c1-5-7-9-11(3)12(4,13)10-8-6-2/h11,13H,5-10H2,1-4H3. The van der Waals surface area contributed by atoms with Crippen molar-refractivity contribution in [2.24, 2.45) is 5.92 Å². The third kappa shape index (κ3) is 5.30. The van der Waals surface area contributed by atoms with E-state index in [2.05, 4.69) is 20.8 Å². The van der Waals surface area contributed by atoms with Gasteiger partial charge >= 0.3 is 0 Å². The number of hydrogen-bond donors (Lipinski definition) is 1. The van der Waals surface area contributed by atoms with Crippen LogP contribution in [0.3, 0.4) is 0 Å². The lowest BCUT2D eigenvalue weighted by Gasteiger charge is -2.30. The van der Waals surface area contributed by atoms with Crippen LogP contribution < -0.4 is 0 Å². The van der Waals surface area contributed by atoms with Crippen LogP contribution in [-0.4, -0.2) is 10.7 Å². The van der Waals surface area contributed by atoms with Gasteiger partial charge in [0.25, 0.3) is 0 Å². The Morgan fingerprint density at radius 2 is 1.69 bits per heavy atom. The fraction of sp³-hybridized carbons (Fsp3) is 1.00. The summed E-state index contributed by atoms with van der Waals surface area (Å²) < 4.78 is 0. The van der Waals surface area contributed by atoms with Crippen LogP contribution in [0.1, 0.15) is 66.2 Å². The molecule has 0 aromatic heterocycles. The fourth-order valence-electron chi connectivity index (χ4n) is 1.60. The lowest BCUT2D eigenvalue weighted by atomic mass is 9.83. The molecule has 0 aliphatic heterocycles. The van der Waals surface area contributed by atoms with Gasteiger partial charge in [-0.1, -0.05) is 46.5 Å². The molecule has 0 heterocycles. The maximum absolute atomic E-state index is 10.1. The molecule has 0 rings (SSSR count). The van der Waals surface area contributed by atoms with Gasteiger partial charge in [0.1, 0.15) is 0 Å². The van der Waals surface area contributed by atoms with Crippen LogP contribution in [0.2, 0.25) is 0 Å². The molecule has 0 radical (unpaired) electrons.